The first-order valence-corrected chi connectivity index (χ1v) is 5.25. The Morgan fingerprint density at radius 3 is 3.18 bits per heavy atom. The van der Waals surface area contributed by atoms with Gasteiger partial charge in [0.25, 0.3) is 0 Å². The van der Waals surface area contributed by atoms with Gasteiger partial charge < -0.3 is 0 Å². The van der Waals surface area contributed by atoms with E-state index in [-0.39, 0.29) is 6.04 Å². The zero-order valence-electron chi connectivity index (χ0n) is 6.92. The third kappa shape index (κ3) is 2.39. The van der Waals surface area contributed by atoms with E-state index in [1.54, 1.807) is 0 Å². The van der Waals surface area contributed by atoms with E-state index >= 15 is 0 Å². The van der Waals surface area contributed by atoms with Gasteiger partial charge in [-0.2, -0.15) is 17.0 Å². The van der Waals surface area contributed by atoms with E-state index in [4.69, 9.17) is 5.26 Å². The van der Waals surface area contributed by atoms with E-state index in [0.717, 1.165) is 25.3 Å². The van der Waals surface area contributed by atoms with E-state index < -0.39 is 0 Å². The molecule has 1 unspecified atom stereocenters. The second-order valence-electron chi connectivity index (χ2n) is 2.76. The van der Waals surface area contributed by atoms with E-state index in [0.29, 0.717) is 0 Å². The summed E-state index contributed by atoms with van der Waals surface area (Å²) in [5.74, 6) is 2.19. The summed E-state index contributed by atoms with van der Waals surface area (Å²) < 4.78 is 0. The summed E-state index contributed by atoms with van der Waals surface area (Å²) in [6.07, 6.45) is 1.16. The molecule has 1 aliphatic rings. The second kappa shape index (κ2) is 4.63. The van der Waals surface area contributed by atoms with Crippen molar-refractivity contribution < 1.29 is 0 Å². The molecule has 1 saturated heterocycles. The quantitative estimate of drug-likeness (QED) is 0.625. The molecule has 0 aromatic carbocycles. The highest BCUT2D eigenvalue weighted by Crippen LogP contribution is 2.15. The summed E-state index contributed by atoms with van der Waals surface area (Å²) in [7, 11) is 0. The SMILES string of the molecule is CCCN1CCSCC1C#N. The molecule has 1 atom stereocenters. The van der Waals surface area contributed by atoms with Crippen LogP contribution in [0.25, 0.3) is 0 Å². The maximum absolute atomic E-state index is 8.78. The fraction of sp³-hybridized carbons (Fsp3) is 0.875. The fourth-order valence-corrected chi connectivity index (χ4v) is 2.35. The number of nitrogens with zero attached hydrogens (tertiary/aromatic N) is 2. The molecular weight excluding hydrogens is 156 g/mol. The summed E-state index contributed by atoms with van der Waals surface area (Å²) >= 11 is 1.89. The van der Waals surface area contributed by atoms with Gasteiger partial charge >= 0.3 is 0 Å². The number of rotatable bonds is 2. The lowest BCUT2D eigenvalue weighted by Crippen LogP contribution is -2.41. The molecule has 0 saturated carbocycles. The molecule has 0 aromatic heterocycles. The van der Waals surface area contributed by atoms with Gasteiger partial charge in [0.2, 0.25) is 0 Å². The molecule has 3 heteroatoms. The lowest BCUT2D eigenvalue weighted by Gasteiger charge is -2.30. The van der Waals surface area contributed by atoms with Gasteiger partial charge in [0, 0.05) is 18.1 Å². The Morgan fingerprint density at radius 1 is 1.73 bits per heavy atom. The molecule has 0 aliphatic carbocycles. The van der Waals surface area contributed by atoms with E-state index in [1.807, 2.05) is 11.8 Å². The minimum absolute atomic E-state index is 0.175. The van der Waals surface area contributed by atoms with Crippen LogP contribution in [0.3, 0.4) is 0 Å². The zero-order valence-corrected chi connectivity index (χ0v) is 7.73. The highest BCUT2D eigenvalue weighted by atomic mass is 32.2. The van der Waals surface area contributed by atoms with Crippen LogP contribution in [0, 0.1) is 11.3 Å². The summed E-state index contributed by atoms with van der Waals surface area (Å²) in [5.41, 5.74) is 0. The van der Waals surface area contributed by atoms with Crippen LogP contribution in [0.4, 0.5) is 0 Å². The first kappa shape index (κ1) is 8.89. The highest BCUT2D eigenvalue weighted by molar-refractivity contribution is 7.99. The molecule has 1 rings (SSSR count). The van der Waals surface area contributed by atoms with Gasteiger partial charge in [-0.1, -0.05) is 6.92 Å². The highest BCUT2D eigenvalue weighted by Gasteiger charge is 2.20. The van der Waals surface area contributed by atoms with Gasteiger partial charge in [-0.25, -0.2) is 0 Å². The van der Waals surface area contributed by atoms with Crippen LogP contribution in [0.15, 0.2) is 0 Å². The molecule has 0 bridgehead atoms. The Morgan fingerprint density at radius 2 is 2.55 bits per heavy atom. The minimum Gasteiger partial charge on any atom is -0.287 e. The third-order valence-corrected chi connectivity index (χ3v) is 2.92. The Kier molecular flexibility index (Phi) is 3.74. The molecule has 2 nitrogen and oxygen atoms in total. The van der Waals surface area contributed by atoms with Crippen molar-refractivity contribution in [2.45, 2.75) is 19.4 Å². The van der Waals surface area contributed by atoms with Gasteiger partial charge in [0.15, 0.2) is 0 Å². The second-order valence-corrected chi connectivity index (χ2v) is 3.91. The molecule has 0 N–H and O–H groups in total. The van der Waals surface area contributed by atoms with E-state index in [2.05, 4.69) is 17.9 Å². The van der Waals surface area contributed by atoms with Crippen LogP contribution >= 0.6 is 11.8 Å². The van der Waals surface area contributed by atoms with Gasteiger partial charge in [0.1, 0.15) is 6.04 Å². The van der Waals surface area contributed by atoms with Crippen LogP contribution in [0.1, 0.15) is 13.3 Å². The number of hydrogen-bond donors (Lipinski definition) is 0. The van der Waals surface area contributed by atoms with Crippen molar-refractivity contribution in [2.75, 3.05) is 24.6 Å². The van der Waals surface area contributed by atoms with Crippen LogP contribution in [-0.2, 0) is 0 Å². The Hall–Kier alpha value is -0.200. The molecule has 1 fully saturated rings. The lowest BCUT2D eigenvalue weighted by atomic mass is 10.3. The normalized spacial score (nSPS) is 26.4. The summed E-state index contributed by atoms with van der Waals surface area (Å²) in [6, 6.07) is 2.52. The minimum atomic E-state index is 0.175. The van der Waals surface area contributed by atoms with E-state index in [1.165, 1.54) is 5.75 Å². The zero-order chi connectivity index (χ0) is 8.10. The molecule has 0 aromatic rings. The average molecular weight is 170 g/mol. The Bertz CT molecular complexity index is 151. The molecular formula is C8H14N2S. The molecule has 11 heavy (non-hydrogen) atoms. The van der Waals surface area contributed by atoms with Crippen molar-refractivity contribution in [2.24, 2.45) is 0 Å². The van der Waals surface area contributed by atoms with Crippen LogP contribution in [0.2, 0.25) is 0 Å². The summed E-state index contributed by atoms with van der Waals surface area (Å²) in [5, 5.41) is 8.78. The molecule has 0 amide bonds. The van der Waals surface area contributed by atoms with Crippen LogP contribution in [0.5, 0.6) is 0 Å². The largest absolute Gasteiger partial charge is 0.287 e. The molecule has 0 radical (unpaired) electrons. The van der Waals surface area contributed by atoms with Crippen LogP contribution in [-0.4, -0.2) is 35.5 Å². The standard InChI is InChI=1S/C8H14N2S/c1-2-3-10-4-5-11-7-8(10)6-9/h8H,2-5,7H2,1H3. The fourth-order valence-electron chi connectivity index (χ4n) is 1.31. The molecule has 62 valence electrons. The Labute approximate surface area is 72.6 Å². The Balaban J connectivity index is 2.39. The number of nitriles is 1. The van der Waals surface area contributed by atoms with Gasteiger partial charge in [-0.3, -0.25) is 4.90 Å². The monoisotopic (exact) mass is 170 g/mol. The summed E-state index contributed by atoms with van der Waals surface area (Å²) in [6.45, 7) is 4.34. The van der Waals surface area contributed by atoms with Gasteiger partial charge in [-0.05, 0) is 13.0 Å². The smallest absolute Gasteiger partial charge is 0.107 e. The molecule has 1 aliphatic heterocycles. The first-order chi connectivity index (χ1) is 5.38. The topological polar surface area (TPSA) is 27.0 Å². The number of hydrogen-bond acceptors (Lipinski definition) is 3. The molecule has 0 spiro atoms. The molecule has 1 heterocycles. The maximum Gasteiger partial charge on any atom is 0.107 e. The average Bonchev–Trinajstić information content (AvgIpc) is 2.06. The van der Waals surface area contributed by atoms with Crippen molar-refractivity contribution >= 4 is 11.8 Å². The predicted molar refractivity (Wildman–Crippen MR) is 48.6 cm³/mol. The van der Waals surface area contributed by atoms with Gasteiger partial charge in [-0.15, -0.1) is 0 Å². The predicted octanol–water partition coefficient (Wildman–Crippen LogP) is 1.34. The van der Waals surface area contributed by atoms with Crippen molar-refractivity contribution in [3.63, 3.8) is 0 Å². The van der Waals surface area contributed by atoms with Crippen molar-refractivity contribution in [1.82, 2.24) is 4.90 Å². The van der Waals surface area contributed by atoms with Gasteiger partial charge in [0.05, 0.1) is 6.07 Å². The third-order valence-electron chi connectivity index (χ3n) is 1.90. The van der Waals surface area contributed by atoms with Crippen molar-refractivity contribution in [1.29, 1.82) is 5.26 Å². The van der Waals surface area contributed by atoms with Crippen LogP contribution < -0.4 is 0 Å². The van der Waals surface area contributed by atoms with Crippen molar-refractivity contribution in [3.8, 4) is 6.07 Å². The van der Waals surface area contributed by atoms with E-state index in [9.17, 15) is 0 Å². The maximum atomic E-state index is 8.78. The van der Waals surface area contributed by atoms with Crippen molar-refractivity contribution in [3.05, 3.63) is 0 Å². The summed E-state index contributed by atoms with van der Waals surface area (Å²) in [4.78, 5) is 2.29. The first-order valence-electron chi connectivity index (χ1n) is 4.10. The lowest BCUT2D eigenvalue weighted by molar-refractivity contribution is 0.258. The number of thioether (sulfide) groups is 1.